The molecule has 0 spiro atoms. The summed E-state index contributed by atoms with van der Waals surface area (Å²) >= 11 is 0. The number of nitrogens with one attached hydrogen (secondary N) is 1. The van der Waals surface area contributed by atoms with Crippen LogP contribution in [-0.4, -0.2) is 30.7 Å². The Kier molecular flexibility index (Phi) is 3.44. The molecule has 1 saturated heterocycles. The van der Waals surface area contributed by atoms with E-state index in [1.807, 2.05) is 6.20 Å². The Morgan fingerprint density at radius 3 is 2.73 bits per heavy atom. The molecule has 2 aliphatic rings. The van der Waals surface area contributed by atoms with E-state index in [-0.39, 0.29) is 0 Å². The lowest BCUT2D eigenvalue weighted by Gasteiger charge is -2.36. The van der Waals surface area contributed by atoms with E-state index in [0.29, 0.717) is 12.7 Å². The minimum Gasteiger partial charge on any atom is -0.372 e. The van der Waals surface area contributed by atoms with Crippen LogP contribution < -0.4 is 11.1 Å². The minimum absolute atomic E-state index is 0.382. The maximum absolute atomic E-state index is 5.57. The van der Waals surface area contributed by atoms with Gasteiger partial charge in [-0.15, -0.1) is 0 Å². The van der Waals surface area contributed by atoms with E-state index in [4.69, 9.17) is 5.73 Å². The lowest BCUT2D eigenvalue weighted by Crippen LogP contribution is -2.47. The van der Waals surface area contributed by atoms with Crippen LogP contribution in [0.3, 0.4) is 0 Å². The van der Waals surface area contributed by atoms with Crippen molar-refractivity contribution in [3.05, 3.63) is 23.9 Å². The topological polar surface area (TPSA) is 41.3 Å². The number of nitrogens with zero attached hydrogens (tertiary/aromatic N) is 1. The molecule has 1 unspecified atom stereocenters. The Hall–Kier alpha value is -0.800. The predicted octanol–water partition coefficient (Wildman–Crippen LogP) is 1.05. The molecule has 84 valence electrons. The number of dihydropyridines is 1. The normalized spacial score (nSPS) is 28.7. The quantitative estimate of drug-likeness (QED) is 0.711. The standard InChI is InChI=1S/C12H21N3/c1-10-4-6-15(7-5-10)12-3-2-11(8-13)9-14-12/h2-3,9-10,12,14H,4-8,13H2,1H3. The molecule has 0 radical (unpaired) electrons. The van der Waals surface area contributed by atoms with E-state index in [1.54, 1.807) is 0 Å². The van der Waals surface area contributed by atoms with Gasteiger partial charge in [0.1, 0.15) is 0 Å². The molecular formula is C12H21N3. The van der Waals surface area contributed by atoms with Gasteiger partial charge < -0.3 is 11.1 Å². The van der Waals surface area contributed by atoms with Gasteiger partial charge in [-0.1, -0.05) is 13.0 Å². The van der Waals surface area contributed by atoms with E-state index < -0.39 is 0 Å². The highest BCUT2D eigenvalue weighted by Crippen LogP contribution is 2.18. The fourth-order valence-electron chi connectivity index (χ4n) is 2.17. The van der Waals surface area contributed by atoms with Crippen molar-refractivity contribution in [3.63, 3.8) is 0 Å². The van der Waals surface area contributed by atoms with E-state index in [0.717, 1.165) is 5.92 Å². The van der Waals surface area contributed by atoms with Crippen LogP contribution in [0.1, 0.15) is 19.8 Å². The minimum atomic E-state index is 0.382. The van der Waals surface area contributed by atoms with Gasteiger partial charge in [-0.3, -0.25) is 4.90 Å². The van der Waals surface area contributed by atoms with E-state index in [1.165, 1.54) is 31.5 Å². The molecule has 0 aromatic rings. The summed E-state index contributed by atoms with van der Waals surface area (Å²) in [5, 5.41) is 3.40. The summed E-state index contributed by atoms with van der Waals surface area (Å²) in [5.74, 6) is 0.893. The second-order valence-electron chi connectivity index (χ2n) is 4.61. The van der Waals surface area contributed by atoms with Crippen LogP contribution >= 0.6 is 0 Å². The first kappa shape index (κ1) is 10.7. The maximum atomic E-state index is 5.57. The Bertz CT molecular complexity index is 262. The van der Waals surface area contributed by atoms with Crippen LogP contribution in [0.5, 0.6) is 0 Å². The number of nitrogens with two attached hydrogens (primary N) is 1. The summed E-state index contributed by atoms with van der Waals surface area (Å²) in [6.45, 7) is 5.37. The molecule has 2 aliphatic heterocycles. The molecule has 15 heavy (non-hydrogen) atoms. The lowest BCUT2D eigenvalue weighted by atomic mass is 9.98. The fourth-order valence-corrected chi connectivity index (χ4v) is 2.17. The molecule has 0 amide bonds. The maximum Gasteiger partial charge on any atom is 0.0985 e. The highest BCUT2D eigenvalue weighted by Gasteiger charge is 2.21. The molecule has 0 bridgehead atoms. The molecular weight excluding hydrogens is 186 g/mol. The van der Waals surface area contributed by atoms with Crippen LogP contribution in [0.2, 0.25) is 0 Å². The van der Waals surface area contributed by atoms with Gasteiger partial charge in [0.25, 0.3) is 0 Å². The van der Waals surface area contributed by atoms with Crippen molar-refractivity contribution in [1.82, 2.24) is 10.2 Å². The highest BCUT2D eigenvalue weighted by molar-refractivity contribution is 5.24. The van der Waals surface area contributed by atoms with E-state index >= 15 is 0 Å². The van der Waals surface area contributed by atoms with Crippen molar-refractivity contribution in [1.29, 1.82) is 0 Å². The van der Waals surface area contributed by atoms with Crippen molar-refractivity contribution < 1.29 is 0 Å². The second kappa shape index (κ2) is 4.81. The zero-order chi connectivity index (χ0) is 10.7. The molecule has 2 rings (SSSR count). The average Bonchev–Trinajstić information content (AvgIpc) is 2.30. The van der Waals surface area contributed by atoms with Crippen LogP contribution in [0.15, 0.2) is 23.9 Å². The Morgan fingerprint density at radius 1 is 1.47 bits per heavy atom. The molecule has 3 heteroatoms. The number of hydrogen-bond acceptors (Lipinski definition) is 3. The Balaban J connectivity index is 1.87. The lowest BCUT2D eigenvalue weighted by molar-refractivity contribution is 0.149. The summed E-state index contributed by atoms with van der Waals surface area (Å²) in [6.07, 6.45) is 9.42. The number of rotatable bonds is 2. The third-order valence-electron chi connectivity index (χ3n) is 3.38. The SMILES string of the molecule is CC1CCN(C2C=CC(CN)=CN2)CC1. The zero-order valence-electron chi connectivity index (χ0n) is 9.45. The summed E-state index contributed by atoms with van der Waals surface area (Å²) in [7, 11) is 0. The largest absolute Gasteiger partial charge is 0.372 e. The molecule has 3 N–H and O–H groups in total. The molecule has 0 aromatic carbocycles. The smallest absolute Gasteiger partial charge is 0.0985 e. The summed E-state index contributed by atoms with van der Waals surface area (Å²) < 4.78 is 0. The van der Waals surface area contributed by atoms with Gasteiger partial charge in [-0.2, -0.15) is 0 Å². The van der Waals surface area contributed by atoms with Gasteiger partial charge in [-0.05, 0) is 30.4 Å². The molecule has 0 aliphatic carbocycles. The number of hydrogen-bond donors (Lipinski definition) is 2. The molecule has 0 saturated carbocycles. The van der Waals surface area contributed by atoms with Gasteiger partial charge in [-0.25, -0.2) is 0 Å². The van der Waals surface area contributed by atoms with Crippen LogP contribution in [0.4, 0.5) is 0 Å². The van der Waals surface area contributed by atoms with Gasteiger partial charge in [0.2, 0.25) is 0 Å². The first-order chi connectivity index (χ1) is 7.29. The number of piperidine rings is 1. The second-order valence-corrected chi connectivity index (χ2v) is 4.61. The van der Waals surface area contributed by atoms with Gasteiger partial charge in [0.15, 0.2) is 0 Å². The predicted molar refractivity (Wildman–Crippen MR) is 63.2 cm³/mol. The molecule has 3 nitrogen and oxygen atoms in total. The molecule has 1 fully saturated rings. The molecule has 1 atom stereocenters. The van der Waals surface area contributed by atoms with Gasteiger partial charge >= 0.3 is 0 Å². The van der Waals surface area contributed by atoms with E-state index in [2.05, 4.69) is 29.3 Å². The van der Waals surface area contributed by atoms with Crippen molar-refractivity contribution in [3.8, 4) is 0 Å². The van der Waals surface area contributed by atoms with Crippen molar-refractivity contribution in [2.75, 3.05) is 19.6 Å². The summed E-state index contributed by atoms with van der Waals surface area (Å²) in [4.78, 5) is 2.50. The molecule has 2 heterocycles. The fraction of sp³-hybridized carbons (Fsp3) is 0.667. The van der Waals surface area contributed by atoms with Crippen LogP contribution in [0.25, 0.3) is 0 Å². The van der Waals surface area contributed by atoms with Gasteiger partial charge in [0, 0.05) is 25.8 Å². The summed E-state index contributed by atoms with van der Waals surface area (Å²) in [5.41, 5.74) is 6.75. The first-order valence-corrected chi connectivity index (χ1v) is 5.87. The van der Waals surface area contributed by atoms with Crippen LogP contribution in [0, 0.1) is 5.92 Å². The third-order valence-corrected chi connectivity index (χ3v) is 3.38. The highest BCUT2D eigenvalue weighted by atomic mass is 15.3. The zero-order valence-corrected chi connectivity index (χ0v) is 9.45. The summed E-state index contributed by atoms with van der Waals surface area (Å²) in [6, 6.07) is 0. The van der Waals surface area contributed by atoms with Crippen molar-refractivity contribution >= 4 is 0 Å². The Labute approximate surface area is 92.0 Å². The van der Waals surface area contributed by atoms with Crippen molar-refractivity contribution in [2.24, 2.45) is 11.7 Å². The monoisotopic (exact) mass is 207 g/mol. The Morgan fingerprint density at radius 2 is 2.20 bits per heavy atom. The van der Waals surface area contributed by atoms with Crippen molar-refractivity contribution in [2.45, 2.75) is 25.9 Å². The average molecular weight is 207 g/mol. The third kappa shape index (κ3) is 2.61. The van der Waals surface area contributed by atoms with Gasteiger partial charge in [0.05, 0.1) is 6.17 Å². The van der Waals surface area contributed by atoms with E-state index in [9.17, 15) is 0 Å². The van der Waals surface area contributed by atoms with Crippen LogP contribution in [-0.2, 0) is 0 Å². The first-order valence-electron chi connectivity index (χ1n) is 5.87. The number of likely N-dealkylation sites (tertiary alicyclic amines) is 1. The molecule has 0 aromatic heterocycles.